The van der Waals surface area contributed by atoms with Crippen molar-refractivity contribution in [3.8, 4) is 11.5 Å². The number of carbonyl (C=O) groups is 3. The van der Waals surface area contributed by atoms with Gasteiger partial charge in [0.05, 0.1) is 0 Å². The van der Waals surface area contributed by atoms with Gasteiger partial charge in [-0.15, -0.1) is 0 Å². The van der Waals surface area contributed by atoms with Gasteiger partial charge in [-0.25, -0.2) is 0 Å². The van der Waals surface area contributed by atoms with Gasteiger partial charge >= 0.3 is 11.9 Å². The average Bonchev–Trinajstić information content (AvgIpc) is 2.31. The molecule has 1 rings (SSSR count). The second-order valence-electron chi connectivity index (χ2n) is 4.27. The van der Waals surface area contributed by atoms with E-state index in [0.717, 1.165) is 0 Å². The molecular formula is C13H17N2O5+. The van der Waals surface area contributed by atoms with E-state index in [9.17, 15) is 14.4 Å². The number of amides is 1. The Morgan fingerprint density at radius 3 is 2.20 bits per heavy atom. The topological polar surface area (TPSA) is 123 Å². The Kier molecular flexibility index (Phi) is 5.22. The van der Waals surface area contributed by atoms with Crippen molar-refractivity contribution in [2.75, 3.05) is 0 Å². The zero-order valence-corrected chi connectivity index (χ0v) is 11.3. The Morgan fingerprint density at radius 2 is 1.70 bits per heavy atom. The van der Waals surface area contributed by atoms with Gasteiger partial charge in [-0.2, -0.15) is 0 Å². The van der Waals surface area contributed by atoms with Gasteiger partial charge in [0, 0.05) is 20.3 Å². The Morgan fingerprint density at radius 1 is 1.15 bits per heavy atom. The first-order valence-corrected chi connectivity index (χ1v) is 5.91. The largest absolute Gasteiger partial charge is 0.423 e. The smallest absolute Gasteiger partial charge is 0.308 e. The van der Waals surface area contributed by atoms with Crippen LogP contribution in [0.4, 0.5) is 0 Å². The molecule has 20 heavy (non-hydrogen) atoms. The van der Waals surface area contributed by atoms with E-state index in [1.165, 1.54) is 26.0 Å². The summed E-state index contributed by atoms with van der Waals surface area (Å²) >= 11 is 0. The minimum atomic E-state index is -0.597. The summed E-state index contributed by atoms with van der Waals surface area (Å²) < 4.78 is 9.91. The van der Waals surface area contributed by atoms with E-state index in [4.69, 9.17) is 15.2 Å². The lowest BCUT2D eigenvalue weighted by Crippen LogP contribution is -2.67. The lowest BCUT2D eigenvalue weighted by atomic mass is 10.1. The molecule has 0 bridgehead atoms. The molecule has 0 fully saturated rings. The molecular weight excluding hydrogens is 264 g/mol. The fourth-order valence-corrected chi connectivity index (χ4v) is 1.54. The van der Waals surface area contributed by atoms with Crippen molar-refractivity contribution >= 4 is 17.8 Å². The molecule has 1 aromatic rings. The zero-order chi connectivity index (χ0) is 15.3. The van der Waals surface area contributed by atoms with E-state index < -0.39 is 23.9 Å². The van der Waals surface area contributed by atoms with Crippen molar-refractivity contribution in [1.82, 2.24) is 0 Å². The quantitative estimate of drug-likeness (QED) is 0.539. The minimum Gasteiger partial charge on any atom is -0.423 e. The third-order valence-corrected chi connectivity index (χ3v) is 2.40. The summed E-state index contributed by atoms with van der Waals surface area (Å²) in [5.74, 6) is -1.35. The number of hydrogen-bond donors (Lipinski definition) is 2. The van der Waals surface area contributed by atoms with E-state index in [1.54, 1.807) is 6.07 Å². The van der Waals surface area contributed by atoms with E-state index in [1.807, 2.05) is 0 Å². The number of carbonyl (C=O) groups excluding carboxylic acids is 3. The van der Waals surface area contributed by atoms with Crippen LogP contribution in [0, 0.1) is 0 Å². The SMILES string of the molecule is CC(=O)Oc1ccc(CC([NH3+])C(N)=O)cc1OC(C)=O. The molecule has 1 unspecified atom stereocenters. The number of ether oxygens (including phenoxy) is 2. The molecule has 1 aromatic carbocycles. The van der Waals surface area contributed by atoms with Crippen LogP contribution in [0.3, 0.4) is 0 Å². The highest BCUT2D eigenvalue weighted by molar-refractivity contribution is 5.78. The van der Waals surface area contributed by atoms with Crippen LogP contribution in [0.5, 0.6) is 11.5 Å². The summed E-state index contributed by atoms with van der Waals surface area (Å²) in [7, 11) is 0. The lowest BCUT2D eigenvalue weighted by molar-refractivity contribution is -0.402. The molecule has 1 atom stereocenters. The number of quaternary nitrogens is 1. The van der Waals surface area contributed by atoms with Crippen LogP contribution in [-0.2, 0) is 20.8 Å². The Labute approximate surface area is 115 Å². The summed E-state index contributed by atoms with van der Waals surface area (Å²) in [6, 6.07) is 4.05. The number of benzene rings is 1. The van der Waals surface area contributed by atoms with Crippen LogP contribution in [-0.4, -0.2) is 23.9 Å². The first-order valence-electron chi connectivity index (χ1n) is 5.91. The van der Waals surface area contributed by atoms with Crippen LogP contribution in [0.2, 0.25) is 0 Å². The summed E-state index contributed by atoms with van der Waals surface area (Å²) in [5.41, 5.74) is 9.46. The molecule has 5 N–H and O–H groups in total. The van der Waals surface area contributed by atoms with Gasteiger partial charge in [0.1, 0.15) is 0 Å². The van der Waals surface area contributed by atoms with Gasteiger partial charge in [0.2, 0.25) is 0 Å². The molecule has 0 radical (unpaired) electrons. The second kappa shape index (κ2) is 6.67. The predicted molar refractivity (Wildman–Crippen MR) is 68.6 cm³/mol. The average molecular weight is 281 g/mol. The van der Waals surface area contributed by atoms with Crippen LogP contribution in [0.25, 0.3) is 0 Å². The third-order valence-electron chi connectivity index (χ3n) is 2.40. The first kappa shape index (κ1) is 15.6. The van der Waals surface area contributed by atoms with Gasteiger partial charge in [-0.1, -0.05) is 6.07 Å². The number of primary amides is 1. The van der Waals surface area contributed by atoms with Crippen LogP contribution >= 0.6 is 0 Å². The van der Waals surface area contributed by atoms with Gasteiger partial charge in [-0.05, 0) is 17.7 Å². The summed E-state index contributed by atoms with van der Waals surface area (Å²) in [4.78, 5) is 33.0. The van der Waals surface area contributed by atoms with Gasteiger partial charge in [-0.3, -0.25) is 14.4 Å². The Hall–Kier alpha value is -2.41. The van der Waals surface area contributed by atoms with E-state index in [-0.39, 0.29) is 11.5 Å². The molecule has 0 heterocycles. The molecule has 0 aromatic heterocycles. The first-order chi connectivity index (χ1) is 9.29. The number of nitrogens with two attached hydrogens (primary N) is 1. The molecule has 7 nitrogen and oxygen atoms in total. The summed E-state index contributed by atoms with van der Waals surface area (Å²) in [5, 5.41) is 0. The molecule has 0 spiro atoms. The van der Waals surface area contributed by atoms with Crippen molar-refractivity contribution in [1.29, 1.82) is 0 Å². The predicted octanol–water partition coefficient (Wildman–Crippen LogP) is -0.824. The molecule has 0 saturated heterocycles. The maximum absolute atomic E-state index is 11.0. The van der Waals surface area contributed by atoms with Crippen molar-refractivity contribution in [3.05, 3.63) is 23.8 Å². The van der Waals surface area contributed by atoms with Gasteiger partial charge in [0.15, 0.2) is 17.5 Å². The van der Waals surface area contributed by atoms with E-state index in [0.29, 0.717) is 12.0 Å². The van der Waals surface area contributed by atoms with Crippen molar-refractivity contribution in [2.45, 2.75) is 26.3 Å². The van der Waals surface area contributed by atoms with Crippen LogP contribution in [0.1, 0.15) is 19.4 Å². The fourth-order valence-electron chi connectivity index (χ4n) is 1.54. The summed E-state index contributed by atoms with van der Waals surface area (Å²) in [6.07, 6.45) is 0.296. The molecule has 0 saturated carbocycles. The highest BCUT2D eigenvalue weighted by atomic mass is 16.6. The molecule has 7 heteroatoms. The van der Waals surface area contributed by atoms with Crippen molar-refractivity contribution in [2.24, 2.45) is 5.73 Å². The second-order valence-corrected chi connectivity index (χ2v) is 4.27. The van der Waals surface area contributed by atoms with Gasteiger partial charge < -0.3 is 20.9 Å². The minimum absolute atomic E-state index is 0.113. The Bertz CT molecular complexity index is 542. The molecule has 108 valence electrons. The van der Waals surface area contributed by atoms with E-state index in [2.05, 4.69) is 5.73 Å². The summed E-state index contributed by atoms with van der Waals surface area (Å²) in [6.45, 7) is 2.47. The highest BCUT2D eigenvalue weighted by Gasteiger charge is 2.17. The van der Waals surface area contributed by atoms with E-state index >= 15 is 0 Å². The number of esters is 2. The van der Waals surface area contributed by atoms with Crippen molar-refractivity contribution < 1.29 is 29.6 Å². The normalized spacial score (nSPS) is 11.6. The lowest BCUT2D eigenvalue weighted by Gasteiger charge is -2.11. The zero-order valence-electron chi connectivity index (χ0n) is 11.3. The third kappa shape index (κ3) is 4.69. The van der Waals surface area contributed by atoms with Crippen LogP contribution < -0.4 is 20.9 Å². The van der Waals surface area contributed by atoms with Crippen molar-refractivity contribution in [3.63, 3.8) is 0 Å². The maximum Gasteiger partial charge on any atom is 0.308 e. The Balaban J connectivity index is 3.03. The molecule has 0 aliphatic rings. The molecule has 0 aliphatic heterocycles. The monoisotopic (exact) mass is 281 g/mol. The highest BCUT2D eigenvalue weighted by Crippen LogP contribution is 2.29. The molecule has 1 amide bonds. The standard InChI is InChI=1S/C13H16N2O5/c1-7(16)19-11-4-3-9(5-10(14)13(15)18)6-12(11)20-8(2)17/h3-4,6,10H,5,14H2,1-2H3,(H2,15,18)/p+1. The number of hydrogen-bond acceptors (Lipinski definition) is 5. The van der Waals surface area contributed by atoms with Crippen LogP contribution in [0.15, 0.2) is 18.2 Å². The molecule has 0 aliphatic carbocycles. The maximum atomic E-state index is 11.0. The number of rotatable bonds is 5. The fraction of sp³-hybridized carbons (Fsp3) is 0.308. The van der Waals surface area contributed by atoms with Gasteiger partial charge in [0.25, 0.3) is 5.91 Å².